The highest BCUT2D eigenvalue weighted by atomic mass is 16.5. The van der Waals surface area contributed by atoms with Crippen molar-refractivity contribution in [2.24, 2.45) is 0 Å². The number of hydrogen-bond donors (Lipinski definition) is 1. The zero-order valence-corrected chi connectivity index (χ0v) is 14.8. The first kappa shape index (κ1) is 18.2. The minimum Gasteiger partial charge on any atom is -0.360 e. The van der Waals surface area contributed by atoms with Gasteiger partial charge < -0.3 is 9.84 Å². The van der Waals surface area contributed by atoms with Crippen molar-refractivity contribution in [2.75, 3.05) is 6.54 Å². The predicted octanol–water partition coefficient (Wildman–Crippen LogP) is 5.13. The lowest BCUT2D eigenvalue weighted by Gasteiger charge is -2.06. The van der Waals surface area contributed by atoms with Gasteiger partial charge in [0, 0.05) is 12.1 Å². The van der Waals surface area contributed by atoms with E-state index in [1.807, 2.05) is 30.3 Å². The molecule has 130 valence electrons. The normalized spacial score (nSPS) is 10.8. The number of rotatable bonds is 10. The first-order valence-corrected chi connectivity index (χ1v) is 9.04. The summed E-state index contributed by atoms with van der Waals surface area (Å²) in [5.74, 6) is 0.463. The fourth-order valence-electron chi connectivity index (χ4n) is 2.81. The van der Waals surface area contributed by atoms with Crippen LogP contribution < -0.4 is 5.32 Å². The topological polar surface area (TPSA) is 55.1 Å². The van der Waals surface area contributed by atoms with Crippen LogP contribution in [0.4, 0.5) is 0 Å². The Balaban J connectivity index is 1.82. The number of aromatic nitrogens is 1. The van der Waals surface area contributed by atoms with Crippen molar-refractivity contribution in [3.8, 4) is 11.3 Å². The second kappa shape index (κ2) is 9.91. The highest BCUT2D eigenvalue weighted by Gasteiger charge is 2.20. The first-order valence-electron chi connectivity index (χ1n) is 9.04. The van der Waals surface area contributed by atoms with Gasteiger partial charge in [0.15, 0.2) is 0 Å². The summed E-state index contributed by atoms with van der Waals surface area (Å²) in [5.41, 5.74) is 2.06. The molecule has 0 fully saturated rings. The van der Waals surface area contributed by atoms with E-state index in [1.54, 1.807) is 6.92 Å². The molecule has 1 amide bonds. The average molecular weight is 328 g/mol. The van der Waals surface area contributed by atoms with Crippen molar-refractivity contribution in [2.45, 2.75) is 58.8 Å². The third kappa shape index (κ3) is 5.22. The minimum absolute atomic E-state index is 0.0985. The Morgan fingerprint density at radius 2 is 1.71 bits per heavy atom. The standard InChI is InChI=1S/C20H28N2O2/c1-3-4-5-6-7-8-12-15-21-20(23)18-16(2)24-22-19(18)17-13-10-9-11-14-17/h9-11,13-14H,3-8,12,15H2,1-2H3,(H,21,23). The quantitative estimate of drug-likeness (QED) is 0.615. The van der Waals surface area contributed by atoms with Gasteiger partial charge in [-0.2, -0.15) is 0 Å². The SMILES string of the molecule is CCCCCCCCCNC(=O)c1c(-c2ccccc2)noc1C. The Hall–Kier alpha value is -2.10. The zero-order valence-electron chi connectivity index (χ0n) is 14.8. The lowest BCUT2D eigenvalue weighted by Crippen LogP contribution is -2.25. The van der Waals surface area contributed by atoms with Gasteiger partial charge in [0.05, 0.1) is 0 Å². The van der Waals surface area contributed by atoms with Gasteiger partial charge in [0.25, 0.3) is 5.91 Å². The second-order valence-corrected chi connectivity index (χ2v) is 6.21. The number of carbonyl (C=O) groups is 1. The molecule has 0 bridgehead atoms. The van der Waals surface area contributed by atoms with E-state index in [2.05, 4.69) is 17.4 Å². The molecule has 24 heavy (non-hydrogen) atoms. The molecule has 0 aliphatic carbocycles. The Kier molecular flexibility index (Phi) is 7.53. The Labute approximate surface area is 144 Å². The number of nitrogens with one attached hydrogen (secondary N) is 1. The van der Waals surface area contributed by atoms with E-state index < -0.39 is 0 Å². The van der Waals surface area contributed by atoms with Crippen LogP contribution in [0.1, 0.15) is 68.0 Å². The van der Waals surface area contributed by atoms with Crippen LogP contribution in [-0.2, 0) is 0 Å². The smallest absolute Gasteiger partial charge is 0.257 e. The summed E-state index contributed by atoms with van der Waals surface area (Å²) in [6, 6.07) is 9.67. The van der Waals surface area contributed by atoms with E-state index in [4.69, 9.17) is 4.52 Å². The molecule has 1 N–H and O–H groups in total. The predicted molar refractivity (Wildman–Crippen MR) is 97.0 cm³/mol. The van der Waals surface area contributed by atoms with Crippen LogP contribution in [0.25, 0.3) is 11.3 Å². The molecule has 1 aromatic carbocycles. The van der Waals surface area contributed by atoms with Gasteiger partial charge in [0.1, 0.15) is 17.0 Å². The molecule has 0 saturated heterocycles. The average Bonchev–Trinajstić information content (AvgIpc) is 2.99. The fourth-order valence-corrected chi connectivity index (χ4v) is 2.81. The molecule has 2 rings (SSSR count). The van der Waals surface area contributed by atoms with Crippen LogP contribution in [0, 0.1) is 6.92 Å². The highest BCUT2D eigenvalue weighted by Crippen LogP contribution is 2.24. The van der Waals surface area contributed by atoms with Crippen LogP contribution in [0.15, 0.2) is 34.9 Å². The molecule has 0 aliphatic heterocycles. The molecular weight excluding hydrogens is 300 g/mol. The molecule has 2 aromatic rings. The molecule has 1 aromatic heterocycles. The van der Waals surface area contributed by atoms with Gasteiger partial charge in [-0.1, -0.05) is 80.9 Å². The summed E-state index contributed by atoms with van der Waals surface area (Å²) in [7, 11) is 0. The number of benzene rings is 1. The van der Waals surface area contributed by atoms with Crippen LogP contribution in [-0.4, -0.2) is 17.6 Å². The fraction of sp³-hybridized carbons (Fsp3) is 0.500. The summed E-state index contributed by atoms with van der Waals surface area (Å²) < 4.78 is 5.24. The lowest BCUT2D eigenvalue weighted by molar-refractivity contribution is 0.0952. The highest BCUT2D eigenvalue weighted by molar-refractivity contribution is 6.00. The Bertz CT molecular complexity index is 620. The molecule has 0 aliphatic rings. The van der Waals surface area contributed by atoms with E-state index >= 15 is 0 Å². The first-order chi connectivity index (χ1) is 11.7. The van der Waals surface area contributed by atoms with Gasteiger partial charge in [-0.05, 0) is 13.3 Å². The number of carbonyl (C=O) groups excluding carboxylic acids is 1. The van der Waals surface area contributed by atoms with Crippen molar-refractivity contribution in [3.05, 3.63) is 41.7 Å². The number of amides is 1. The molecule has 4 nitrogen and oxygen atoms in total. The van der Waals surface area contributed by atoms with Gasteiger partial charge in [-0.3, -0.25) is 4.79 Å². The summed E-state index contributed by atoms with van der Waals surface area (Å²) in [5, 5.41) is 7.06. The zero-order chi connectivity index (χ0) is 17.2. The summed E-state index contributed by atoms with van der Waals surface area (Å²) in [6.45, 7) is 4.71. The van der Waals surface area contributed by atoms with Gasteiger partial charge in [0.2, 0.25) is 0 Å². The maximum absolute atomic E-state index is 12.5. The van der Waals surface area contributed by atoms with Crippen molar-refractivity contribution >= 4 is 5.91 Å². The van der Waals surface area contributed by atoms with Crippen molar-refractivity contribution < 1.29 is 9.32 Å². The lowest BCUT2D eigenvalue weighted by atomic mass is 10.1. The van der Waals surface area contributed by atoms with Crippen molar-refractivity contribution in [1.29, 1.82) is 0 Å². The molecule has 0 atom stereocenters. The monoisotopic (exact) mass is 328 g/mol. The molecule has 4 heteroatoms. The molecule has 0 saturated carbocycles. The molecule has 0 radical (unpaired) electrons. The van der Waals surface area contributed by atoms with E-state index in [0.29, 0.717) is 23.6 Å². The Morgan fingerprint density at radius 3 is 2.42 bits per heavy atom. The van der Waals surface area contributed by atoms with Crippen molar-refractivity contribution in [3.63, 3.8) is 0 Å². The largest absolute Gasteiger partial charge is 0.360 e. The van der Waals surface area contributed by atoms with E-state index in [0.717, 1.165) is 18.4 Å². The number of aryl methyl sites for hydroxylation is 1. The van der Waals surface area contributed by atoms with Crippen LogP contribution in [0.2, 0.25) is 0 Å². The number of hydrogen-bond acceptors (Lipinski definition) is 3. The molecule has 0 spiro atoms. The third-order valence-corrected chi connectivity index (χ3v) is 4.20. The van der Waals surface area contributed by atoms with Crippen LogP contribution >= 0.6 is 0 Å². The van der Waals surface area contributed by atoms with Gasteiger partial charge in [-0.15, -0.1) is 0 Å². The van der Waals surface area contributed by atoms with E-state index in [1.165, 1.54) is 32.1 Å². The number of nitrogens with zero attached hydrogens (tertiary/aromatic N) is 1. The van der Waals surface area contributed by atoms with E-state index in [-0.39, 0.29) is 5.91 Å². The maximum Gasteiger partial charge on any atom is 0.257 e. The molecule has 0 unspecified atom stereocenters. The molecular formula is C20H28N2O2. The van der Waals surface area contributed by atoms with Gasteiger partial charge >= 0.3 is 0 Å². The van der Waals surface area contributed by atoms with Crippen molar-refractivity contribution in [1.82, 2.24) is 10.5 Å². The third-order valence-electron chi connectivity index (χ3n) is 4.20. The summed E-state index contributed by atoms with van der Waals surface area (Å²) in [4.78, 5) is 12.5. The maximum atomic E-state index is 12.5. The van der Waals surface area contributed by atoms with Gasteiger partial charge in [-0.25, -0.2) is 0 Å². The Morgan fingerprint density at radius 1 is 1.04 bits per heavy atom. The summed E-state index contributed by atoms with van der Waals surface area (Å²) in [6.07, 6.45) is 8.65. The second-order valence-electron chi connectivity index (χ2n) is 6.21. The van der Waals surface area contributed by atoms with Crippen LogP contribution in [0.3, 0.4) is 0 Å². The van der Waals surface area contributed by atoms with Crippen LogP contribution in [0.5, 0.6) is 0 Å². The van der Waals surface area contributed by atoms with E-state index in [9.17, 15) is 4.79 Å². The summed E-state index contributed by atoms with van der Waals surface area (Å²) >= 11 is 0. The molecule has 1 heterocycles. The number of unbranched alkanes of at least 4 members (excludes halogenated alkanes) is 6. The minimum atomic E-state index is -0.0985.